The monoisotopic (exact) mass is 364 g/mol. The van der Waals surface area contributed by atoms with Gasteiger partial charge in [-0.05, 0) is 45.0 Å². The summed E-state index contributed by atoms with van der Waals surface area (Å²) in [6, 6.07) is 5.89. The molecule has 1 amide bonds. The van der Waals surface area contributed by atoms with E-state index < -0.39 is 0 Å². The molecule has 0 aliphatic carbocycles. The molecule has 2 aliphatic heterocycles. The lowest BCUT2D eigenvalue weighted by atomic mass is 10.1. The van der Waals surface area contributed by atoms with E-state index in [4.69, 9.17) is 9.47 Å². The third-order valence-corrected chi connectivity index (χ3v) is 6.23. The maximum absolute atomic E-state index is 12.4. The SMILES string of the molecule is COc1cccc(C2SCC(=O)N2CCCN2CCCCC2)c1OC. The highest BCUT2D eigenvalue weighted by atomic mass is 32.2. The van der Waals surface area contributed by atoms with E-state index in [1.807, 2.05) is 23.1 Å². The van der Waals surface area contributed by atoms with Gasteiger partial charge in [-0.3, -0.25) is 4.79 Å². The summed E-state index contributed by atoms with van der Waals surface area (Å²) in [6.07, 6.45) is 4.99. The first-order valence-corrected chi connectivity index (χ1v) is 10.1. The van der Waals surface area contributed by atoms with Gasteiger partial charge in [-0.25, -0.2) is 0 Å². The van der Waals surface area contributed by atoms with Crippen molar-refractivity contribution in [1.82, 2.24) is 9.80 Å². The molecule has 5 nitrogen and oxygen atoms in total. The van der Waals surface area contributed by atoms with Crippen molar-refractivity contribution in [2.75, 3.05) is 46.2 Å². The van der Waals surface area contributed by atoms with Crippen molar-refractivity contribution in [1.29, 1.82) is 0 Å². The molecule has 1 aromatic rings. The van der Waals surface area contributed by atoms with Crippen molar-refractivity contribution < 1.29 is 14.3 Å². The molecule has 138 valence electrons. The van der Waals surface area contributed by atoms with Gasteiger partial charge in [0.1, 0.15) is 5.37 Å². The topological polar surface area (TPSA) is 42.0 Å². The van der Waals surface area contributed by atoms with Gasteiger partial charge in [-0.15, -0.1) is 11.8 Å². The Hall–Kier alpha value is -1.40. The third-order valence-electron chi connectivity index (χ3n) is 4.99. The summed E-state index contributed by atoms with van der Waals surface area (Å²) in [4.78, 5) is 16.9. The van der Waals surface area contributed by atoms with Gasteiger partial charge in [0, 0.05) is 12.1 Å². The van der Waals surface area contributed by atoms with Crippen LogP contribution >= 0.6 is 11.8 Å². The van der Waals surface area contributed by atoms with E-state index >= 15 is 0 Å². The summed E-state index contributed by atoms with van der Waals surface area (Å²) in [7, 11) is 3.30. The van der Waals surface area contributed by atoms with Gasteiger partial charge < -0.3 is 19.3 Å². The Bertz CT molecular complexity index is 590. The van der Waals surface area contributed by atoms with E-state index in [1.165, 1.54) is 32.4 Å². The molecule has 2 fully saturated rings. The number of piperidine rings is 1. The lowest BCUT2D eigenvalue weighted by molar-refractivity contribution is -0.128. The Morgan fingerprint density at radius 2 is 1.92 bits per heavy atom. The molecular formula is C19H28N2O3S. The Morgan fingerprint density at radius 1 is 1.12 bits per heavy atom. The maximum Gasteiger partial charge on any atom is 0.233 e. The summed E-state index contributed by atoms with van der Waals surface area (Å²) in [5.41, 5.74) is 1.02. The predicted octanol–water partition coefficient (Wildman–Crippen LogP) is 3.15. The average molecular weight is 365 g/mol. The minimum atomic E-state index is 0.0129. The molecular weight excluding hydrogens is 336 g/mol. The number of hydrogen-bond acceptors (Lipinski definition) is 5. The van der Waals surface area contributed by atoms with Crippen molar-refractivity contribution in [3.63, 3.8) is 0 Å². The second kappa shape index (κ2) is 8.81. The number of benzene rings is 1. The Labute approximate surface area is 154 Å². The summed E-state index contributed by atoms with van der Waals surface area (Å²) >= 11 is 1.67. The zero-order valence-electron chi connectivity index (χ0n) is 15.2. The second-order valence-corrected chi connectivity index (χ2v) is 7.66. The minimum Gasteiger partial charge on any atom is -0.493 e. The molecule has 1 unspecified atom stereocenters. The second-order valence-electron chi connectivity index (χ2n) is 6.59. The number of carbonyl (C=O) groups is 1. The first kappa shape index (κ1) is 18.4. The third kappa shape index (κ3) is 4.23. The van der Waals surface area contributed by atoms with Gasteiger partial charge in [0.2, 0.25) is 5.91 Å². The number of rotatable bonds is 7. The van der Waals surface area contributed by atoms with Gasteiger partial charge in [0.05, 0.1) is 20.0 Å². The van der Waals surface area contributed by atoms with Crippen LogP contribution in [0.4, 0.5) is 0 Å². The number of amides is 1. The standard InChI is InChI=1S/C19H28N2O3S/c1-23-16-9-6-8-15(18(16)24-2)19-21(17(22)14-25-19)13-7-12-20-10-4-3-5-11-20/h6,8-9,19H,3-5,7,10-14H2,1-2H3. The molecule has 0 spiro atoms. The normalized spacial score (nSPS) is 21.6. The smallest absolute Gasteiger partial charge is 0.233 e. The van der Waals surface area contributed by atoms with E-state index in [0.717, 1.165) is 30.8 Å². The summed E-state index contributed by atoms with van der Waals surface area (Å²) in [6.45, 7) is 4.29. The number of likely N-dealkylation sites (tertiary alicyclic amines) is 1. The van der Waals surface area contributed by atoms with Gasteiger partial charge >= 0.3 is 0 Å². The molecule has 2 heterocycles. The zero-order chi connectivity index (χ0) is 17.6. The molecule has 6 heteroatoms. The van der Waals surface area contributed by atoms with E-state index in [1.54, 1.807) is 26.0 Å². The van der Waals surface area contributed by atoms with Crippen LogP contribution in [0.1, 0.15) is 36.6 Å². The Morgan fingerprint density at radius 3 is 2.64 bits per heavy atom. The van der Waals surface area contributed by atoms with Gasteiger partial charge in [0.25, 0.3) is 0 Å². The van der Waals surface area contributed by atoms with Crippen LogP contribution in [-0.2, 0) is 4.79 Å². The van der Waals surface area contributed by atoms with Gasteiger partial charge in [-0.2, -0.15) is 0 Å². The highest BCUT2D eigenvalue weighted by Gasteiger charge is 2.34. The number of hydrogen-bond donors (Lipinski definition) is 0. The molecule has 2 saturated heterocycles. The largest absolute Gasteiger partial charge is 0.493 e. The van der Waals surface area contributed by atoms with E-state index in [2.05, 4.69) is 4.90 Å². The lowest BCUT2D eigenvalue weighted by Crippen LogP contribution is -2.34. The maximum atomic E-state index is 12.4. The summed E-state index contributed by atoms with van der Waals surface area (Å²) in [5.74, 6) is 2.21. The van der Waals surface area contributed by atoms with Crippen molar-refractivity contribution in [3.05, 3.63) is 23.8 Å². The number of thioether (sulfide) groups is 1. The van der Waals surface area contributed by atoms with Crippen molar-refractivity contribution in [2.45, 2.75) is 31.1 Å². The van der Waals surface area contributed by atoms with Crippen LogP contribution in [0, 0.1) is 0 Å². The van der Waals surface area contributed by atoms with Crippen LogP contribution in [-0.4, -0.2) is 61.9 Å². The van der Waals surface area contributed by atoms with Crippen molar-refractivity contribution in [3.8, 4) is 11.5 Å². The average Bonchev–Trinajstić information content (AvgIpc) is 3.02. The van der Waals surface area contributed by atoms with Gasteiger partial charge in [0.15, 0.2) is 11.5 Å². The molecule has 0 saturated carbocycles. The first-order valence-electron chi connectivity index (χ1n) is 9.09. The fraction of sp³-hybridized carbons (Fsp3) is 0.632. The number of nitrogens with zero attached hydrogens (tertiary/aromatic N) is 2. The van der Waals surface area contributed by atoms with Crippen LogP contribution in [0.5, 0.6) is 11.5 Å². The number of para-hydroxylation sites is 1. The minimum absolute atomic E-state index is 0.0129. The fourth-order valence-corrected chi connectivity index (χ4v) is 4.94. The molecule has 2 aliphatic rings. The molecule has 0 bridgehead atoms. The highest BCUT2D eigenvalue weighted by Crippen LogP contribution is 2.45. The molecule has 1 atom stereocenters. The number of carbonyl (C=O) groups excluding carboxylic acids is 1. The fourth-order valence-electron chi connectivity index (χ4n) is 3.71. The molecule has 1 aromatic carbocycles. The van der Waals surface area contributed by atoms with Gasteiger partial charge in [-0.1, -0.05) is 18.6 Å². The number of ether oxygens (including phenoxy) is 2. The lowest BCUT2D eigenvalue weighted by Gasteiger charge is -2.29. The Balaban J connectivity index is 1.67. The number of methoxy groups -OCH3 is 2. The van der Waals surface area contributed by atoms with E-state index in [-0.39, 0.29) is 11.3 Å². The molecule has 0 radical (unpaired) electrons. The van der Waals surface area contributed by atoms with Crippen molar-refractivity contribution in [2.24, 2.45) is 0 Å². The molecule has 25 heavy (non-hydrogen) atoms. The predicted molar refractivity (Wildman–Crippen MR) is 101 cm³/mol. The van der Waals surface area contributed by atoms with Crippen LogP contribution in [0.15, 0.2) is 18.2 Å². The molecule has 3 rings (SSSR count). The Kier molecular flexibility index (Phi) is 6.48. The van der Waals surface area contributed by atoms with Crippen molar-refractivity contribution >= 4 is 17.7 Å². The van der Waals surface area contributed by atoms with Crippen LogP contribution < -0.4 is 9.47 Å². The van der Waals surface area contributed by atoms with Crippen LogP contribution in [0.3, 0.4) is 0 Å². The van der Waals surface area contributed by atoms with E-state index in [9.17, 15) is 4.79 Å². The summed E-state index contributed by atoms with van der Waals surface area (Å²) < 4.78 is 11.0. The van der Waals surface area contributed by atoms with Crippen LogP contribution in [0.25, 0.3) is 0 Å². The zero-order valence-corrected chi connectivity index (χ0v) is 16.0. The van der Waals surface area contributed by atoms with Crippen LogP contribution in [0.2, 0.25) is 0 Å². The first-order chi connectivity index (χ1) is 12.2. The molecule has 0 aromatic heterocycles. The molecule has 0 N–H and O–H groups in total. The highest BCUT2D eigenvalue weighted by molar-refractivity contribution is 8.00. The summed E-state index contributed by atoms with van der Waals surface area (Å²) in [5, 5.41) is 0.0129. The quantitative estimate of drug-likeness (QED) is 0.743. The van der Waals surface area contributed by atoms with E-state index in [0.29, 0.717) is 11.5 Å².